The Kier molecular flexibility index (Phi) is 4.01. The molecule has 110 valence electrons. The second-order valence-corrected chi connectivity index (χ2v) is 5.50. The zero-order valence-electron chi connectivity index (χ0n) is 11.4. The molecular weight excluding hydrogens is 264 g/mol. The van der Waals surface area contributed by atoms with Crippen LogP contribution < -0.4 is 5.32 Å². The van der Waals surface area contributed by atoms with E-state index >= 15 is 0 Å². The Labute approximate surface area is 117 Å². The molecule has 4 atom stereocenters. The molecule has 1 aromatic rings. The van der Waals surface area contributed by atoms with E-state index in [1.165, 1.54) is 6.07 Å². The highest BCUT2D eigenvalue weighted by Gasteiger charge is 2.34. The van der Waals surface area contributed by atoms with E-state index in [9.17, 15) is 8.78 Å². The van der Waals surface area contributed by atoms with Crippen molar-refractivity contribution in [2.24, 2.45) is 0 Å². The first-order chi connectivity index (χ1) is 9.65. The van der Waals surface area contributed by atoms with Crippen LogP contribution in [-0.4, -0.2) is 31.4 Å². The lowest BCUT2D eigenvalue weighted by Crippen LogP contribution is -2.43. The third kappa shape index (κ3) is 2.71. The fourth-order valence-electron chi connectivity index (χ4n) is 3.00. The van der Waals surface area contributed by atoms with Gasteiger partial charge in [0.2, 0.25) is 0 Å². The van der Waals surface area contributed by atoms with Crippen LogP contribution in [0.5, 0.6) is 0 Å². The maximum Gasteiger partial charge on any atom is 0.159 e. The number of hydrogen-bond acceptors (Lipinski definition) is 3. The summed E-state index contributed by atoms with van der Waals surface area (Å²) in [6, 6.07) is 4.40. The highest BCUT2D eigenvalue weighted by atomic mass is 19.2. The maximum absolute atomic E-state index is 13.4. The summed E-state index contributed by atoms with van der Waals surface area (Å²) >= 11 is 0. The zero-order valence-corrected chi connectivity index (χ0v) is 11.4. The van der Waals surface area contributed by atoms with Crippen molar-refractivity contribution in [2.75, 3.05) is 13.2 Å². The summed E-state index contributed by atoms with van der Waals surface area (Å²) in [7, 11) is 0. The Hall–Kier alpha value is -1.04. The minimum Gasteiger partial charge on any atom is -0.377 e. The molecule has 0 amide bonds. The van der Waals surface area contributed by atoms with E-state index < -0.39 is 11.6 Å². The molecular formula is C15H19F2NO2. The Morgan fingerprint density at radius 2 is 1.80 bits per heavy atom. The second kappa shape index (κ2) is 5.76. The van der Waals surface area contributed by atoms with Gasteiger partial charge in [-0.1, -0.05) is 6.07 Å². The second-order valence-electron chi connectivity index (χ2n) is 5.50. The van der Waals surface area contributed by atoms with Crippen molar-refractivity contribution in [1.82, 2.24) is 5.32 Å². The molecule has 2 saturated heterocycles. The normalized spacial score (nSPS) is 33.8. The minimum absolute atomic E-state index is 0.119. The molecule has 2 aliphatic rings. The third-order valence-corrected chi connectivity index (χ3v) is 4.17. The van der Waals surface area contributed by atoms with Gasteiger partial charge in [0, 0.05) is 25.3 Å². The molecule has 0 spiro atoms. The van der Waals surface area contributed by atoms with Gasteiger partial charge in [-0.15, -0.1) is 0 Å². The van der Waals surface area contributed by atoms with Gasteiger partial charge in [0.1, 0.15) is 0 Å². The molecule has 0 radical (unpaired) electrons. The van der Waals surface area contributed by atoms with Crippen molar-refractivity contribution in [3.8, 4) is 0 Å². The summed E-state index contributed by atoms with van der Waals surface area (Å²) in [5, 5.41) is 3.54. The molecule has 5 heteroatoms. The van der Waals surface area contributed by atoms with Gasteiger partial charge in [-0.3, -0.25) is 0 Å². The van der Waals surface area contributed by atoms with Gasteiger partial charge in [0.15, 0.2) is 11.6 Å². The standard InChI is InChI=1S/C15H19F2NO2/c1-9-13(4-6-19-9)18-14-5-7-20-15(14)10-2-3-11(16)12(17)8-10/h2-3,8-9,13-15,18H,4-7H2,1H3/t9-,13-,14+,15-/m0/s1. The molecule has 20 heavy (non-hydrogen) atoms. The van der Waals surface area contributed by atoms with Gasteiger partial charge < -0.3 is 14.8 Å². The van der Waals surface area contributed by atoms with Crippen molar-refractivity contribution in [3.63, 3.8) is 0 Å². The molecule has 0 unspecified atom stereocenters. The van der Waals surface area contributed by atoms with Gasteiger partial charge in [-0.2, -0.15) is 0 Å². The summed E-state index contributed by atoms with van der Waals surface area (Å²) in [6.45, 7) is 3.44. The van der Waals surface area contributed by atoms with E-state index in [4.69, 9.17) is 9.47 Å². The summed E-state index contributed by atoms with van der Waals surface area (Å²) < 4.78 is 37.6. The molecule has 0 saturated carbocycles. The number of rotatable bonds is 3. The Morgan fingerprint density at radius 1 is 1.05 bits per heavy atom. The molecule has 2 heterocycles. The van der Waals surface area contributed by atoms with E-state index in [0.29, 0.717) is 18.2 Å². The maximum atomic E-state index is 13.4. The first-order valence-electron chi connectivity index (χ1n) is 7.09. The van der Waals surface area contributed by atoms with Crippen molar-refractivity contribution in [2.45, 2.75) is 44.1 Å². The lowest BCUT2D eigenvalue weighted by molar-refractivity contribution is 0.0853. The van der Waals surface area contributed by atoms with Crippen molar-refractivity contribution in [3.05, 3.63) is 35.4 Å². The Bertz CT molecular complexity index is 483. The highest BCUT2D eigenvalue weighted by molar-refractivity contribution is 5.22. The number of benzene rings is 1. The van der Waals surface area contributed by atoms with Crippen LogP contribution in [-0.2, 0) is 9.47 Å². The van der Waals surface area contributed by atoms with Gasteiger partial charge in [0.25, 0.3) is 0 Å². The van der Waals surface area contributed by atoms with Crippen LogP contribution in [0.4, 0.5) is 8.78 Å². The fraction of sp³-hybridized carbons (Fsp3) is 0.600. The van der Waals surface area contributed by atoms with E-state index in [1.54, 1.807) is 6.07 Å². The first-order valence-corrected chi connectivity index (χ1v) is 7.09. The predicted octanol–water partition coefficient (Wildman–Crippen LogP) is 2.56. The molecule has 3 nitrogen and oxygen atoms in total. The van der Waals surface area contributed by atoms with Gasteiger partial charge in [-0.05, 0) is 37.5 Å². The van der Waals surface area contributed by atoms with E-state index in [0.717, 1.165) is 25.5 Å². The van der Waals surface area contributed by atoms with E-state index in [2.05, 4.69) is 5.32 Å². The quantitative estimate of drug-likeness (QED) is 0.925. The van der Waals surface area contributed by atoms with Crippen molar-refractivity contribution in [1.29, 1.82) is 0 Å². The first kappa shape index (κ1) is 13.9. The number of ether oxygens (including phenoxy) is 2. The molecule has 0 aromatic heterocycles. The van der Waals surface area contributed by atoms with Crippen LogP contribution in [0.3, 0.4) is 0 Å². The van der Waals surface area contributed by atoms with Crippen LogP contribution in [0, 0.1) is 11.6 Å². The molecule has 1 aromatic carbocycles. The van der Waals surface area contributed by atoms with Crippen LogP contribution in [0.1, 0.15) is 31.4 Å². The largest absolute Gasteiger partial charge is 0.377 e. The molecule has 3 rings (SSSR count). The lowest BCUT2D eigenvalue weighted by atomic mass is 10.00. The van der Waals surface area contributed by atoms with E-state index in [1.807, 2.05) is 6.92 Å². The minimum atomic E-state index is -0.825. The average molecular weight is 283 g/mol. The topological polar surface area (TPSA) is 30.5 Å². The van der Waals surface area contributed by atoms with Crippen molar-refractivity contribution >= 4 is 0 Å². The van der Waals surface area contributed by atoms with Gasteiger partial charge in [-0.25, -0.2) is 8.78 Å². The Balaban J connectivity index is 1.73. The number of nitrogens with one attached hydrogen (secondary N) is 1. The lowest BCUT2D eigenvalue weighted by Gasteiger charge is -2.25. The molecule has 0 aliphatic carbocycles. The summed E-state index contributed by atoms with van der Waals surface area (Å²) in [5.74, 6) is -1.65. The van der Waals surface area contributed by atoms with Gasteiger partial charge in [0.05, 0.1) is 12.2 Å². The fourth-order valence-corrected chi connectivity index (χ4v) is 3.00. The molecule has 0 bridgehead atoms. The zero-order chi connectivity index (χ0) is 14.1. The summed E-state index contributed by atoms with van der Waals surface area (Å²) in [5.41, 5.74) is 0.686. The number of hydrogen-bond donors (Lipinski definition) is 1. The summed E-state index contributed by atoms with van der Waals surface area (Å²) in [4.78, 5) is 0. The Morgan fingerprint density at radius 3 is 2.50 bits per heavy atom. The predicted molar refractivity (Wildman–Crippen MR) is 70.4 cm³/mol. The van der Waals surface area contributed by atoms with Crippen LogP contribution in [0.2, 0.25) is 0 Å². The third-order valence-electron chi connectivity index (χ3n) is 4.17. The van der Waals surface area contributed by atoms with Gasteiger partial charge >= 0.3 is 0 Å². The monoisotopic (exact) mass is 283 g/mol. The van der Waals surface area contributed by atoms with Crippen LogP contribution in [0.25, 0.3) is 0 Å². The van der Waals surface area contributed by atoms with Crippen LogP contribution in [0.15, 0.2) is 18.2 Å². The summed E-state index contributed by atoms with van der Waals surface area (Å²) in [6.07, 6.45) is 1.80. The molecule has 1 N–H and O–H groups in total. The number of halogens is 2. The highest BCUT2D eigenvalue weighted by Crippen LogP contribution is 2.31. The van der Waals surface area contributed by atoms with Crippen LogP contribution >= 0.6 is 0 Å². The van der Waals surface area contributed by atoms with E-state index in [-0.39, 0.29) is 18.2 Å². The van der Waals surface area contributed by atoms with Crippen molar-refractivity contribution < 1.29 is 18.3 Å². The SMILES string of the molecule is C[C@@H]1OCC[C@@H]1N[C@@H]1CCO[C@H]1c1ccc(F)c(F)c1. The average Bonchev–Trinajstić information content (AvgIpc) is 3.04. The molecule has 2 fully saturated rings. The molecule has 2 aliphatic heterocycles. The smallest absolute Gasteiger partial charge is 0.159 e.